The van der Waals surface area contributed by atoms with Crippen LogP contribution in [0.3, 0.4) is 0 Å². The fourth-order valence-electron chi connectivity index (χ4n) is 1.88. The normalized spacial score (nSPS) is 27.5. The lowest BCUT2D eigenvalue weighted by molar-refractivity contribution is -0.139. The number of rotatable bonds is 4. The van der Waals surface area contributed by atoms with Gasteiger partial charge in [-0.05, 0) is 20.3 Å². The number of amides is 1. The van der Waals surface area contributed by atoms with Gasteiger partial charge in [-0.2, -0.15) is 0 Å². The molecule has 1 amide bonds. The van der Waals surface area contributed by atoms with E-state index < -0.39 is 0 Å². The zero-order valence-corrected chi connectivity index (χ0v) is 10.0. The molecule has 1 heterocycles. The highest BCUT2D eigenvalue weighted by atomic mass is 16.2. The van der Waals surface area contributed by atoms with Gasteiger partial charge in [0.25, 0.3) is 0 Å². The Balaban J connectivity index is 2.66. The first-order valence-corrected chi connectivity index (χ1v) is 5.44. The molecule has 0 spiro atoms. The maximum absolute atomic E-state index is 11.7. The van der Waals surface area contributed by atoms with E-state index in [2.05, 4.69) is 13.8 Å². The minimum absolute atomic E-state index is 0.0755. The number of hydrazine groups is 1. The Morgan fingerprint density at radius 3 is 2.53 bits per heavy atom. The van der Waals surface area contributed by atoms with Crippen molar-refractivity contribution < 1.29 is 9.59 Å². The molecule has 4 heteroatoms. The highest BCUT2D eigenvalue weighted by Gasteiger charge is 2.42. The molecule has 1 rings (SSSR count). The molecule has 1 aliphatic rings. The number of nitrogens with zero attached hydrogens (tertiary/aromatic N) is 2. The van der Waals surface area contributed by atoms with Gasteiger partial charge < -0.3 is 0 Å². The van der Waals surface area contributed by atoms with Gasteiger partial charge >= 0.3 is 0 Å². The fraction of sp³-hybridized carbons (Fsp3) is 0.818. The van der Waals surface area contributed by atoms with Crippen LogP contribution in [0, 0.1) is 0 Å². The summed E-state index contributed by atoms with van der Waals surface area (Å²) in [7, 11) is 1.93. The second-order valence-corrected chi connectivity index (χ2v) is 4.52. The van der Waals surface area contributed by atoms with Crippen molar-refractivity contribution in [2.75, 3.05) is 13.6 Å². The summed E-state index contributed by atoms with van der Waals surface area (Å²) in [6.07, 6.45) is 1.93. The summed E-state index contributed by atoms with van der Waals surface area (Å²) in [6, 6.07) is 0. The number of carbonyl (C=O) groups is 2. The maximum atomic E-state index is 11.7. The predicted octanol–water partition coefficient (Wildman–Crippen LogP) is 1.21. The third kappa shape index (κ3) is 2.37. The van der Waals surface area contributed by atoms with Crippen LogP contribution in [0.4, 0.5) is 0 Å². The van der Waals surface area contributed by atoms with Gasteiger partial charge in [0.15, 0.2) is 0 Å². The minimum atomic E-state index is -0.0755. The van der Waals surface area contributed by atoms with E-state index >= 15 is 0 Å². The summed E-state index contributed by atoms with van der Waals surface area (Å²) in [6.45, 7) is 6.23. The van der Waals surface area contributed by atoms with E-state index in [1.807, 2.05) is 12.1 Å². The van der Waals surface area contributed by atoms with Crippen molar-refractivity contribution in [1.82, 2.24) is 10.0 Å². The summed E-state index contributed by atoms with van der Waals surface area (Å²) in [5.74, 6) is 0.254. The van der Waals surface area contributed by atoms with Crippen LogP contribution in [-0.2, 0) is 9.59 Å². The lowest BCUT2D eigenvalue weighted by Crippen LogP contribution is -2.46. The second kappa shape index (κ2) is 4.31. The van der Waals surface area contributed by atoms with E-state index in [0.29, 0.717) is 19.4 Å². The molecule has 0 N–H and O–H groups in total. The monoisotopic (exact) mass is 212 g/mol. The molecule has 1 fully saturated rings. The van der Waals surface area contributed by atoms with Crippen molar-refractivity contribution in [3.63, 3.8) is 0 Å². The quantitative estimate of drug-likeness (QED) is 0.703. The predicted molar refractivity (Wildman–Crippen MR) is 58.1 cm³/mol. The summed E-state index contributed by atoms with van der Waals surface area (Å²) in [5.41, 5.74) is -0.0755. The largest absolute Gasteiger partial charge is 0.300 e. The van der Waals surface area contributed by atoms with Crippen molar-refractivity contribution in [3.05, 3.63) is 0 Å². The SMILES string of the molecule is CCC1(C)CC(=O)N(CCC(C)=O)N1C. The third-order valence-electron chi connectivity index (χ3n) is 3.40. The summed E-state index contributed by atoms with van der Waals surface area (Å²) < 4.78 is 0. The molecule has 1 aliphatic heterocycles. The van der Waals surface area contributed by atoms with Gasteiger partial charge in [0.2, 0.25) is 5.91 Å². The molecule has 86 valence electrons. The first-order chi connectivity index (χ1) is 6.90. The lowest BCUT2D eigenvalue weighted by Gasteiger charge is -2.34. The molecule has 0 aromatic heterocycles. The molecule has 0 aromatic carbocycles. The number of carbonyl (C=O) groups excluding carboxylic acids is 2. The zero-order valence-electron chi connectivity index (χ0n) is 10.0. The molecule has 1 saturated heterocycles. The molecule has 1 atom stereocenters. The van der Waals surface area contributed by atoms with Crippen LogP contribution >= 0.6 is 0 Å². The van der Waals surface area contributed by atoms with Gasteiger partial charge in [0.05, 0.1) is 0 Å². The van der Waals surface area contributed by atoms with Gasteiger partial charge in [-0.1, -0.05) is 6.92 Å². The molecule has 4 nitrogen and oxygen atoms in total. The van der Waals surface area contributed by atoms with Crippen molar-refractivity contribution in [3.8, 4) is 0 Å². The van der Waals surface area contributed by atoms with Crippen LogP contribution in [0.25, 0.3) is 0 Å². The topological polar surface area (TPSA) is 40.6 Å². The standard InChI is InChI=1S/C11H20N2O2/c1-5-11(3)8-10(15)13(12(11)4)7-6-9(2)14/h5-8H2,1-4H3. The smallest absolute Gasteiger partial charge is 0.238 e. The molecular weight excluding hydrogens is 192 g/mol. The van der Waals surface area contributed by atoms with E-state index in [1.54, 1.807) is 11.9 Å². The number of Topliss-reactive ketones (excluding diaryl/α,β-unsaturated/α-hetero) is 1. The van der Waals surface area contributed by atoms with E-state index in [0.717, 1.165) is 6.42 Å². The Labute approximate surface area is 91.2 Å². The molecule has 0 aromatic rings. The van der Waals surface area contributed by atoms with E-state index in [4.69, 9.17) is 0 Å². The Morgan fingerprint density at radius 2 is 2.13 bits per heavy atom. The summed E-state index contributed by atoms with van der Waals surface area (Å²) >= 11 is 0. The molecule has 0 saturated carbocycles. The highest BCUT2D eigenvalue weighted by Crippen LogP contribution is 2.31. The van der Waals surface area contributed by atoms with Crippen molar-refractivity contribution in [2.45, 2.75) is 45.6 Å². The van der Waals surface area contributed by atoms with Gasteiger partial charge in [0.1, 0.15) is 5.78 Å². The highest BCUT2D eigenvalue weighted by molar-refractivity contribution is 5.80. The lowest BCUT2D eigenvalue weighted by atomic mass is 9.96. The fourth-order valence-corrected chi connectivity index (χ4v) is 1.88. The van der Waals surface area contributed by atoms with Gasteiger partial charge in [-0.15, -0.1) is 0 Å². The van der Waals surface area contributed by atoms with Crippen molar-refractivity contribution >= 4 is 11.7 Å². The van der Waals surface area contributed by atoms with Crippen molar-refractivity contribution in [2.24, 2.45) is 0 Å². The number of hydrogen-bond donors (Lipinski definition) is 0. The first kappa shape index (κ1) is 12.2. The Kier molecular flexibility index (Phi) is 3.50. The van der Waals surface area contributed by atoms with E-state index in [-0.39, 0.29) is 17.2 Å². The Morgan fingerprint density at radius 1 is 1.53 bits per heavy atom. The van der Waals surface area contributed by atoms with Crippen LogP contribution in [0.1, 0.15) is 40.0 Å². The molecule has 0 aliphatic carbocycles. The van der Waals surface area contributed by atoms with Crippen LogP contribution in [-0.4, -0.2) is 40.8 Å². The summed E-state index contributed by atoms with van der Waals surface area (Å²) in [4.78, 5) is 22.6. The Hall–Kier alpha value is -0.900. The van der Waals surface area contributed by atoms with E-state index in [1.165, 1.54) is 0 Å². The molecule has 0 radical (unpaired) electrons. The van der Waals surface area contributed by atoms with Crippen LogP contribution in [0.15, 0.2) is 0 Å². The number of hydrogen-bond acceptors (Lipinski definition) is 3. The van der Waals surface area contributed by atoms with Gasteiger partial charge in [0, 0.05) is 32.0 Å². The van der Waals surface area contributed by atoms with Crippen LogP contribution in [0.5, 0.6) is 0 Å². The Bertz CT molecular complexity index is 278. The third-order valence-corrected chi connectivity index (χ3v) is 3.40. The van der Waals surface area contributed by atoms with Crippen LogP contribution in [0.2, 0.25) is 0 Å². The molecular formula is C11H20N2O2. The first-order valence-electron chi connectivity index (χ1n) is 5.44. The minimum Gasteiger partial charge on any atom is -0.300 e. The average Bonchev–Trinajstić information content (AvgIpc) is 2.37. The van der Waals surface area contributed by atoms with Crippen LogP contribution < -0.4 is 0 Å². The van der Waals surface area contributed by atoms with Gasteiger partial charge in [-0.25, -0.2) is 5.01 Å². The molecule has 1 unspecified atom stereocenters. The maximum Gasteiger partial charge on any atom is 0.238 e. The molecule has 15 heavy (non-hydrogen) atoms. The summed E-state index contributed by atoms with van der Waals surface area (Å²) in [5, 5.41) is 3.68. The number of ketones is 1. The van der Waals surface area contributed by atoms with Crippen molar-refractivity contribution in [1.29, 1.82) is 0 Å². The zero-order chi connectivity index (χ0) is 11.6. The molecule has 0 bridgehead atoms. The average molecular weight is 212 g/mol. The van der Waals surface area contributed by atoms with Gasteiger partial charge in [-0.3, -0.25) is 14.6 Å². The van der Waals surface area contributed by atoms with E-state index in [9.17, 15) is 9.59 Å². The second-order valence-electron chi connectivity index (χ2n) is 4.52.